The Balaban J connectivity index is 0.00000208. The van der Waals surface area contributed by atoms with Crippen LogP contribution >= 0.6 is 12.4 Å². The van der Waals surface area contributed by atoms with Crippen LogP contribution in [0.25, 0.3) is 0 Å². The SMILES string of the molecule is Cc1ccccc1C1CCCN1C(=O)CC(N)c1ccccc1.Cl. The zero-order chi connectivity index (χ0) is 16.2. The van der Waals surface area contributed by atoms with E-state index in [1.165, 1.54) is 11.1 Å². The fourth-order valence-electron chi connectivity index (χ4n) is 3.47. The number of aryl methyl sites for hydroxylation is 1. The van der Waals surface area contributed by atoms with Gasteiger partial charge in [-0.25, -0.2) is 0 Å². The molecule has 0 radical (unpaired) electrons. The van der Waals surface area contributed by atoms with Gasteiger partial charge in [0.2, 0.25) is 5.91 Å². The number of nitrogens with zero attached hydrogens (tertiary/aromatic N) is 1. The number of benzene rings is 2. The van der Waals surface area contributed by atoms with Gasteiger partial charge < -0.3 is 10.6 Å². The van der Waals surface area contributed by atoms with Gasteiger partial charge in [0.15, 0.2) is 0 Å². The minimum Gasteiger partial charge on any atom is -0.336 e. The smallest absolute Gasteiger partial charge is 0.224 e. The summed E-state index contributed by atoms with van der Waals surface area (Å²) in [5.74, 6) is 0.159. The van der Waals surface area contributed by atoms with E-state index in [2.05, 4.69) is 25.1 Å². The predicted octanol–water partition coefficient (Wildman–Crippen LogP) is 4.17. The van der Waals surface area contributed by atoms with E-state index in [0.717, 1.165) is 24.9 Å². The van der Waals surface area contributed by atoms with Crippen LogP contribution in [0.1, 0.15) is 48.0 Å². The lowest BCUT2D eigenvalue weighted by Crippen LogP contribution is -2.33. The normalized spacial score (nSPS) is 18.1. The van der Waals surface area contributed by atoms with Gasteiger partial charge in [0.05, 0.1) is 6.04 Å². The lowest BCUT2D eigenvalue weighted by atomic mass is 9.98. The van der Waals surface area contributed by atoms with Crippen molar-refractivity contribution in [3.63, 3.8) is 0 Å². The molecular weight excluding hydrogens is 320 g/mol. The molecular formula is C20H25ClN2O. The van der Waals surface area contributed by atoms with Gasteiger partial charge in [-0.2, -0.15) is 0 Å². The average molecular weight is 345 g/mol. The number of likely N-dealkylation sites (tertiary alicyclic amines) is 1. The van der Waals surface area contributed by atoms with E-state index in [4.69, 9.17) is 5.73 Å². The largest absolute Gasteiger partial charge is 0.336 e. The van der Waals surface area contributed by atoms with Crippen molar-refractivity contribution in [3.05, 3.63) is 71.3 Å². The summed E-state index contributed by atoms with van der Waals surface area (Å²) in [6.07, 6.45) is 2.47. The quantitative estimate of drug-likeness (QED) is 0.904. The molecule has 1 fully saturated rings. The van der Waals surface area contributed by atoms with Crippen molar-refractivity contribution < 1.29 is 4.79 Å². The van der Waals surface area contributed by atoms with Gasteiger partial charge in [0.1, 0.15) is 0 Å². The van der Waals surface area contributed by atoms with Crippen LogP contribution in [0.3, 0.4) is 0 Å². The van der Waals surface area contributed by atoms with Gasteiger partial charge in [-0.15, -0.1) is 12.4 Å². The molecule has 2 unspecified atom stereocenters. The number of amides is 1. The first-order valence-electron chi connectivity index (χ1n) is 8.32. The van der Waals surface area contributed by atoms with Gasteiger partial charge in [0, 0.05) is 19.0 Å². The number of carbonyl (C=O) groups is 1. The molecule has 0 bridgehead atoms. The first-order chi connectivity index (χ1) is 11.2. The van der Waals surface area contributed by atoms with Gasteiger partial charge in [0.25, 0.3) is 0 Å². The fraction of sp³-hybridized carbons (Fsp3) is 0.350. The van der Waals surface area contributed by atoms with Crippen molar-refractivity contribution >= 4 is 18.3 Å². The zero-order valence-electron chi connectivity index (χ0n) is 14.0. The maximum atomic E-state index is 12.8. The lowest BCUT2D eigenvalue weighted by molar-refractivity contribution is -0.132. The van der Waals surface area contributed by atoms with Crippen LogP contribution in [-0.2, 0) is 4.79 Å². The molecule has 2 aromatic carbocycles. The molecule has 0 aliphatic carbocycles. The standard InChI is InChI=1S/C20H24N2O.ClH/c1-15-8-5-6-11-17(15)19-12-7-13-22(19)20(23)14-18(21)16-9-3-2-4-10-16;/h2-6,8-11,18-19H,7,12-14,21H2,1H3;1H. The van der Waals surface area contributed by atoms with Crippen LogP contribution in [0.4, 0.5) is 0 Å². The van der Waals surface area contributed by atoms with E-state index < -0.39 is 0 Å². The zero-order valence-corrected chi connectivity index (χ0v) is 14.8. The Labute approximate surface area is 150 Å². The Kier molecular flexibility index (Phi) is 6.41. The second-order valence-corrected chi connectivity index (χ2v) is 6.32. The molecule has 1 aliphatic rings. The van der Waals surface area contributed by atoms with Crippen LogP contribution in [0.15, 0.2) is 54.6 Å². The Morgan fingerprint density at radius 3 is 2.54 bits per heavy atom. The van der Waals surface area contributed by atoms with Gasteiger partial charge in [-0.05, 0) is 36.5 Å². The second-order valence-electron chi connectivity index (χ2n) is 6.32. The molecule has 1 saturated heterocycles. The molecule has 128 valence electrons. The third-order valence-corrected chi connectivity index (χ3v) is 4.74. The van der Waals surface area contributed by atoms with Crippen molar-refractivity contribution in [1.29, 1.82) is 0 Å². The molecule has 2 aromatic rings. The van der Waals surface area contributed by atoms with Crippen LogP contribution in [0, 0.1) is 6.92 Å². The molecule has 2 atom stereocenters. The Morgan fingerprint density at radius 1 is 1.17 bits per heavy atom. The molecule has 24 heavy (non-hydrogen) atoms. The molecule has 0 aromatic heterocycles. The number of rotatable bonds is 4. The molecule has 1 aliphatic heterocycles. The molecule has 3 nitrogen and oxygen atoms in total. The van der Waals surface area contributed by atoms with Gasteiger partial charge in [-0.3, -0.25) is 4.79 Å². The highest BCUT2D eigenvalue weighted by molar-refractivity contribution is 5.85. The van der Waals surface area contributed by atoms with E-state index >= 15 is 0 Å². The maximum Gasteiger partial charge on any atom is 0.224 e. The van der Waals surface area contributed by atoms with Crippen molar-refractivity contribution in [2.24, 2.45) is 5.73 Å². The third kappa shape index (κ3) is 3.97. The van der Waals surface area contributed by atoms with E-state index in [1.807, 2.05) is 41.3 Å². The highest BCUT2D eigenvalue weighted by atomic mass is 35.5. The van der Waals surface area contributed by atoms with Crippen molar-refractivity contribution in [3.8, 4) is 0 Å². The van der Waals surface area contributed by atoms with Crippen LogP contribution < -0.4 is 5.73 Å². The third-order valence-electron chi connectivity index (χ3n) is 4.74. The molecule has 0 spiro atoms. The minimum atomic E-state index is -0.234. The Morgan fingerprint density at radius 2 is 1.83 bits per heavy atom. The van der Waals surface area contributed by atoms with Crippen LogP contribution in [0.5, 0.6) is 0 Å². The van der Waals surface area contributed by atoms with Gasteiger partial charge >= 0.3 is 0 Å². The maximum absolute atomic E-state index is 12.8. The predicted molar refractivity (Wildman–Crippen MR) is 100 cm³/mol. The summed E-state index contributed by atoms with van der Waals surface area (Å²) >= 11 is 0. The molecule has 4 heteroatoms. The first kappa shape index (κ1) is 18.5. The number of nitrogens with two attached hydrogens (primary N) is 1. The van der Waals surface area contributed by atoms with E-state index in [0.29, 0.717) is 6.42 Å². The van der Waals surface area contributed by atoms with E-state index in [-0.39, 0.29) is 30.4 Å². The molecule has 3 rings (SSSR count). The summed E-state index contributed by atoms with van der Waals surface area (Å²) in [5, 5.41) is 0. The lowest BCUT2D eigenvalue weighted by Gasteiger charge is -2.27. The monoisotopic (exact) mass is 344 g/mol. The number of carbonyl (C=O) groups excluding carboxylic acids is 1. The van der Waals surface area contributed by atoms with Crippen LogP contribution in [0.2, 0.25) is 0 Å². The van der Waals surface area contributed by atoms with Crippen LogP contribution in [-0.4, -0.2) is 17.4 Å². The first-order valence-corrected chi connectivity index (χ1v) is 8.32. The summed E-state index contributed by atoms with van der Waals surface area (Å²) in [7, 11) is 0. The fourth-order valence-corrected chi connectivity index (χ4v) is 3.47. The van der Waals surface area contributed by atoms with Gasteiger partial charge in [-0.1, -0.05) is 54.6 Å². The van der Waals surface area contributed by atoms with E-state index in [1.54, 1.807) is 0 Å². The summed E-state index contributed by atoms with van der Waals surface area (Å²) in [5.41, 5.74) is 9.78. The average Bonchev–Trinajstić information content (AvgIpc) is 3.05. The highest BCUT2D eigenvalue weighted by Crippen LogP contribution is 2.34. The van der Waals surface area contributed by atoms with E-state index in [9.17, 15) is 4.79 Å². The molecule has 2 N–H and O–H groups in total. The highest BCUT2D eigenvalue weighted by Gasteiger charge is 2.31. The van der Waals surface area contributed by atoms with Crippen molar-refractivity contribution in [2.75, 3.05) is 6.54 Å². The minimum absolute atomic E-state index is 0. The summed E-state index contributed by atoms with van der Waals surface area (Å²) < 4.78 is 0. The second kappa shape index (κ2) is 8.32. The summed E-state index contributed by atoms with van der Waals surface area (Å²) in [6, 6.07) is 18.2. The number of hydrogen-bond donors (Lipinski definition) is 1. The van der Waals surface area contributed by atoms with Crippen molar-refractivity contribution in [1.82, 2.24) is 4.90 Å². The Hall–Kier alpha value is -1.84. The topological polar surface area (TPSA) is 46.3 Å². The Bertz CT molecular complexity index is 674. The summed E-state index contributed by atoms with van der Waals surface area (Å²) in [6.45, 7) is 2.95. The number of hydrogen-bond acceptors (Lipinski definition) is 2. The number of halogens is 1. The molecule has 1 amide bonds. The molecule has 0 saturated carbocycles. The van der Waals surface area contributed by atoms with Crippen molar-refractivity contribution in [2.45, 2.75) is 38.3 Å². The molecule has 1 heterocycles. The summed E-state index contributed by atoms with van der Waals surface area (Å²) in [4.78, 5) is 14.8.